The van der Waals surface area contributed by atoms with E-state index in [2.05, 4.69) is 23.9 Å². The van der Waals surface area contributed by atoms with Gasteiger partial charge in [-0.2, -0.15) is 0 Å². The minimum atomic E-state index is -1.43. The van der Waals surface area contributed by atoms with Gasteiger partial charge in [-0.3, -0.25) is 0 Å². The van der Waals surface area contributed by atoms with Gasteiger partial charge in [-0.25, -0.2) is 0 Å². The number of aliphatic hydroxyl groups excluding tert-OH is 1. The normalized spacial score (nSPS) is 18.2. The van der Waals surface area contributed by atoms with Gasteiger partial charge in [0.05, 0.1) is 0 Å². The van der Waals surface area contributed by atoms with Gasteiger partial charge in [-0.05, 0) is 51.2 Å². The van der Waals surface area contributed by atoms with Crippen LogP contribution in [0.2, 0.25) is 0 Å². The second-order valence-corrected chi connectivity index (χ2v) is 7.49. The molecule has 0 saturated carbocycles. The standard InChI is InChI=1S/C22H30N2O2/c1-23-15-13-20(14-16-23)24(2)17-21(25)22(26,18-9-5-3-6-10-18)19-11-7-4-8-12-19/h3-12,20-21,25-26H,13-17H2,1-2H3. The molecule has 1 unspecified atom stereocenters. The molecule has 140 valence electrons. The van der Waals surface area contributed by atoms with Crippen molar-refractivity contribution in [3.05, 3.63) is 71.8 Å². The quantitative estimate of drug-likeness (QED) is 0.836. The van der Waals surface area contributed by atoms with Crippen molar-refractivity contribution < 1.29 is 10.2 Å². The first kappa shape index (κ1) is 19.1. The van der Waals surface area contributed by atoms with Crippen molar-refractivity contribution in [1.82, 2.24) is 9.80 Å². The zero-order valence-electron chi connectivity index (χ0n) is 15.8. The minimum Gasteiger partial charge on any atom is -0.388 e. The van der Waals surface area contributed by atoms with Crippen molar-refractivity contribution in [2.75, 3.05) is 33.7 Å². The SMILES string of the molecule is CN1CCC(N(C)CC(O)C(O)(c2ccccc2)c2ccccc2)CC1. The number of benzene rings is 2. The summed E-state index contributed by atoms with van der Waals surface area (Å²) >= 11 is 0. The molecule has 4 heteroatoms. The molecule has 0 aliphatic carbocycles. The molecular weight excluding hydrogens is 324 g/mol. The minimum absolute atomic E-state index is 0.425. The van der Waals surface area contributed by atoms with Gasteiger partial charge in [0, 0.05) is 12.6 Å². The third-order valence-electron chi connectivity index (χ3n) is 5.68. The molecular formula is C22H30N2O2. The van der Waals surface area contributed by atoms with E-state index in [1.54, 1.807) is 0 Å². The van der Waals surface area contributed by atoms with Crippen molar-refractivity contribution in [1.29, 1.82) is 0 Å². The van der Waals surface area contributed by atoms with Gasteiger partial charge in [0.15, 0.2) is 0 Å². The Morgan fingerprint density at radius 2 is 1.46 bits per heavy atom. The summed E-state index contributed by atoms with van der Waals surface area (Å²) in [6.45, 7) is 2.58. The lowest BCUT2D eigenvalue weighted by Gasteiger charge is -2.40. The van der Waals surface area contributed by atoms with Crippen LogP contribution in [0.3, 0.4) is 0 Å². The third-order valence-corrected chi connectivity index (χ3v) is 5.68. The Morgan fingerprint density at radius 1 is 1.00 bits per heavy atom. The van der Waals surface area contributed by atoms with Crippen molar-refractivity contribution in [3.63, 3.8) is 0 Å². The molecule has 1 atom stereocenters. The van der Waals surface area contributed by atoms with E-state index in [-0.39, 0.29) is 0 Å². The van der Waals surface area contributed by atoms with E-state index in [0.29, 0.717) is 12.6 Å². The topological polar surface area (TPSA) is 46.9 Å². The number of likely N-dealkylation sites (tertiary alicyclic amines) is 1. The van der Waals surface area contributed by atoms with Crippen LogP contribution in [0, 0.1) is 0 Å². The number of nitrogens with zero attached hydrogens (tertiary/aromatic N) is 2. The first-order valence-corrected chi connectivity index (χ1v) is 9.42. The molecule has 0 aromatic heterocycles. The van der Waals surface area contributed by atoms with Gasteiger partial charge in [-0.1, -0.05) is 60.7 Å². The largest absolute Gasteiger partial charge is 0.388 e. The highest BCUT2D eigenvalue weighted by Gasteiger charge is 2.40. The molecule has 4 nitrogen and oxygen atoms in total. The van der Waals surface area contributed by atoms with Crippen molar-refractivity contribution in [3.8, 4) is 0 Å². The molecule has 2 N–H and O–H groups in total. The van der Waals surface area contributed by atoms with E-state index in [9.17, 15) is 10.2 Å². The maximum absolute atomic E-state index is 11.6. The van der Waals surface area contributed by atoms with Crippen molar-refractivity contribution in [2.45, 2.75) is 30.6 Å². The highest BCUT2D eigenvalue weighted by Crippen LogP contribution is 2.33. The number of aliphatic hydroxyl groups is 2. The fourth-order valence-electron chi connectivity index (χ4n) is 3.93. The van der Waals surface area contributed by atoms with E-state index >= 15 is 0 Å². The van der Waals surface area contributed by atoms with Gasteiger partial charge >= 0.3 is 0 Å². The van der Waals surface area contributed by atoms with E-state index < -0.39 is 11.7 Å². The molecule has 0 spiro atoms. The predicted octanol–water partition coefficient (Wildman–Crippen LogP) is 2.31. The average molecular weight is 354 g/mol. The zero-order chi connectivity index (χ0) is 18.6. The molecule has 1 aliphatic heterocycles. The lowest BCUT2D eigenvalue weighted by molar-refractivity contribution is -0.0672. The van der Waals surface area contributed by atoms with E-state index in [0.717, 1.165) is 37.1 Å². The molecule has 26 heavy (non-hydrogen) atoms. The van der Waals surface area contributed by atoms with Crippen LogP contribution in [0.1, 0.15) is 24.0 Å². The van der Waals surface area contributed by atoms with Gasteiger partial charge in [-0.15, -0.1) is 0 Å². The monoisotopic (exact) mass is 354 g/mol. The predicted molar refractivity (Wildman–Crippen MR) is 105 cm³/mol. The first-order chi connectivity index (χ1) is 12.5. The van der Waals surface area contributed by atoms with E-state index in [4.69, 9.17) is 0 Å². The molecule has 1 saturated heterocycles. The number of likely N-dealkylation sites (N-methyl/N-ethyl adjacent to an activating group) is 1. The Labute approximate surface area is 156 Å². The number of rotatable bonds is 6. The summed E-state index contributed by atoms with van der Waals surface area (Å²) in [5.74, 6) is 0. The second kappa shape index (κ2) is 8.31. The van der Waals surface area contributed by atoms with E-state index in [1.165, 1.54) is 0 Å². The van der Waals surface area contributed by atoms with Crippen LogP contribution in [0.5, 0.6) is 0 Å². The van der Waals surface area contributed by atoms with Crippen LogP contribution in [-0.2, 0) is 5.60 Å². The van der Waals surface area contributed by atoms with Gasteiger partial charge < -0.3 is 20.0 Å². The molecule has 1 aliphatic rings. The summed E-state index contributed by atoms with van der Waals surface area (Å²) in [7, 11) is 4.20. The molecule has 2 aromatic rings. The Kier molecular flexibility index (Phi) is 6.09. The Balaban J connectivity index is 1.83. The summed E-state index contributed by atoms with van der Waals surface area (Å²) in [5.41, 5.74) is 0.00773. The number of hydrogen-bond donors (Lipinski definition) is 2. The molecule has 2 aromatic carbocycles. The Morgan fingerprint density at radius 3 is 1.92 bits per heavy atom. The molecule has 0 amide bonds. The number of piperidine rings is 1. The fraction of sp³-hybridized carbons (Fsp3) is 0.455. The van der Waals surface area contributed by atoms with Crippen LogP contribution in [0.15, 0.2) is 60.7 Å². The first-order valence-electron chi connectivity index (χ1n) is 9.42. The molecule has 1 heterocycles. The maximum atomic E-state index is 11.6. The van der Waals surface area contributed by atoms with Crippen LogP contribution >= 0.6 is 0 Å². The highest BCUT2D eigenvalue weighted by atomic mass is 16.3. The van der Waals surface area contributed by atoms with Gasteiger partial charge in [0.2, 0.25) is 0 Å². The fourth-order valence-corrected chi connectivity index (χ4v) is 3.93. The van der Waals surface area contributed by atoms with Crippen molar-refractivity contribution >= 4 is 0 Å². The molecule has 1 fully saturated rings. The Bertz CT molecular complexity index is 630. The summed E-state index contributed by atoms with van der Waals surface area (Å²) < 4.78 is 0. The summed E-state index contributed by atoms with van der Waals surface area (Å²) in [4.78, 5) is 4.54. The second-order valence-electron chi connectivity index (χ2n) is 7.49. The maximum Gasteiger partial charge on any atom is 0.142 e. The summed E-state index contributed by atoms with van der Waals surface area (Å²) in [6, 6.07) is 19.4. The lowest BCUT2D eigenvalue weighted by atomic mass is 9.81. The van der Waals surface area contributed by atoms with Crippen LogP contribution in [0.25, 0.3) is 0 Å². The molecule has 3 rings (SSSR count). The molecule has 0 bridgehead atoms. The zero-order valence-corrected chi connectivity index (χ0v) is 15.8. The smallest absolute Gasteiger partial charge is 0.142 e. The summed E-state index contributed by atoms with van der Waals surface area (Å²) in [6.07, 6.45) is 1.26. The molecule has 0 radical (unpaired) electrons. The van der Waals surface area contributed by atoms with E-state index in [1.807, 2.05) is 60.7 Å². The summed E-state index contributed by atoms with van der Waals surface area (Å²) in [5, 5.41) is 22.8. The highest BCUT2D eigenvalue weighted by molar-refractivity contribution is 5.37. The Hall–Kier alpha value is -1.72. The van der Waals surface area contributed by atoms with Crippen molar-refractivity contribution in [2.24, 2.45) is 0 Å². The van der Waals surface area contributed by atoms with Crippen LogP contribution in [-0.4, -0.2) is 65.9 Å². The third kappa shape index (κ3) is 3.99. The van der Waals surface area contributed by atoms with Crippen LogP contribution in [0.4, 0.5) is 0 Å². The van der Waals surface area contributed by atoms with Gasteiger partial charge in [0.25, 0.3) is 0 Å². The van der Waals surface area contributed by atoms with Gasteiger partial charge in [0.1, 0.15) is 11.7 Å². The van der Waals surface area contributed by atoms with Crippen LogP contribution < -0.4 is 0 Å². The average Bonchev–Trinajstić information content (AvgIpc) is 2.69. The lowest BCUT2D eigenvalue weighted by Crippen LogP contribution is -2.50. The number of hydrogen-bond acceptors (Lipinski definition) is 4.